The summed E-state index contributed by atoms with van der Waals surface area (Å²) in [5.41, 5.74) is 1.75. The summed E-state index contributed by atoms with van der Waals surface area (Å²) in [4.78, 5) is 20.9. The Hall–Kier alpha value is -4.51. The summed E-state index contributed by atoms with van der Waals surface area (Å²) in [5, 5.41) is 31.5. The van der Waals surface area contributed by atoms with Crippen LogP contribution in [0.1, 0.15) is 16.7 Å². The second kappa shape index (κ2) is 9.12. The molecule has 0 fully saturated rings. The fraction of sp³-hybridized carbons (Fsp3) is 0.0455. The Labute approximate surface area is 171 Å². The highest BCUT2D eigenvalue weighted by Crippen LogP contribution is 2.27. The number of allylic oxidation sites excluding steroid dienone is 1. The average Bonchev–Trinajstić information content (AvgIpc) is 2.77. The predicted octanol–water partition coefficient (Wildman–Crippen LogP) is 5.15. The summed E-state index contributed by atoms with van der Waals surface area (Å²) in [6.45, 7) is 0.102. The number of para-hydroxylation sites is 1. The standard InChI is InChI=1S/C22H15N3O5/c23-14-19(17-7-4-9-21(13-17)25(28)29)12-18-6-1-2-10-22(18)30-15-16-5-3-8-20(11-16)24(26)27/h1-13H,15H2/b19-12-. The number of non-ortho nitro benzene ring substituents is 2. The average molecular weight is 401 g/mol. The Morgan fingerprint density at radius 2 is 1.60 bits per heavy atom. The molecule has 0 aliphatic rings. The number of hydrogen-bond donors (Lipinski definition) is 0. The molecule has 0 spiro atoms. The van der Waals surface area contributed by atoms with Crippen LogP contribution in [0.3, 0.4) is 0 Å². The minimum atomic E-state index is -0.519. The molecule has 0 radical (unpaired) electrons. The van der Waals surface area contributed by atoms with Gasteiger partial charge in [-0.2, -0.15) is 5.26 Å². The van der Waals surface area contributed by atoms with Crippen molar-refractivity contribution in [3.05, 3.63) is 110 Å². The summed E-state index contributed by atoms with van der Waals surface area (Å²) >= 11 is 0. The number of nitro groups is 2. The van der Waals surface area contributed by atoms with Gasteiger partial charge in [0.15, 0.2) is 0 Å². The van der Waals surface area contributed by atoms with Crippen LogP contribution in [0.2, 0.25) is 0 Å². The Morgan fingerprint density at radius 1 is 0.933 bits per heavy atom. The lowest BCUT2D eigenvalue weighted by atomic mass is 10.0. The first-order valence-electron chi connectivity index (χ1n) is 8.79. The number of nitro benzene ring substituents is 2. The van der Waals surface area contributed by atoms with E-state index in [0.717, 1.165) is 0 Å². The third-order valence-corrected chi connectivity index (χ3v) is 4.22. The van der Waals surface area contributed by atoms with Gasteiger partial charge in [0.25, 0.3) is 11.4 Å². The third-order valence-electron chi connectivity index (χ3n) is 4.22. The lowest BCUT2D eigenvalue weighted by molar-refractivity contribution is -0.385. The van der Waals surface area contributed by atoms with Crippen LogP contribution in [0.5, 0.6) is 5.75 Å². The van der Waals surface area contributed by atoms with Crippen LogP contribution in [-0.2, 0) is 6.61 Å². The number of nitriles is 1. The van der Waals surface area contributed by atoms with Crippen LogP contribution >= 0.6 is 0 Å². The van der Waals surface area contributed by atoms with E-state index in [1.54, 1.807) is 48.5 Å². The van der Waals surface area contributed by atoms with Crippen LogP contribution in [0, 0.1) is 31.6 Å². The predicted molar refractivity (Wildman–Crippen MR) is 110 cm³/mol. The van der Waals surface area contributed by atoms with E-state index in [1.807, 2.05) is 0 Å². The molecular weight excluding hydrogens is 386 g/mol. The second-order valence-electron chi connectivity index (χ2n) is 6.23. The van der Waals surface area contributed by atoms with Crippen molar-refractivity contribution in [2.24, 2.45) is 0 Å². The van der Waals surface area contributed by atoms with Crippen molar-refractivity contribution in [3.63, 3.8) is 0 Å². The molecule has 0 heterocycles. The zero-order valence-electron chi connectivity index (χ0n) is 15.6. The Balaban J connectivity index is 1.88. The van der Waals surface area contributed by atoms with Crippen molar-refractivity contribution >= 4 is 23.0 Å². The maximum Gasteiger partial charge on any atom is 0.270 e. The number of rotatable bonds is 7. The van der Waals surface area contributed by atoms with Crippen LogP contribution in [-0.4, -0.2) is 9.85 Å². The van der Waals surface area contributed by atoms with Gasteiger partial charge in [-0.3, -0.25) is 20.2 Å². The lowest BCUT2D eigenvalue weighted by Crippen LogP contribution is -1.98. The monoisotopic (exact) mass is 401 g/mol. The van der Waals surface area contributed by atoms with E-state index in [4.69, 9.17) is 4.74 Å². The second-order valence-corrected chi connectivity index (χ2v) is 6.23. The minimum Gasteiger partial charge on any atom is -0.488 e. The molecule has 3 rings (SSSR count). The molecule has 0 N–H and O–H groups in total. The highest BCUT2D eigenvalue weighted by Gasteiger charge is 2.11. The van der Waals surface area contributed by atoms with E-state index in [2.05, 4.69) is 6.07 Å². The van der Waals surface area contributed by atoms with Crippen molar-refractivity contribution in [2.45, 2.75) is 6.61 Å². The summed E-state index contributed by atoms with van der Waals surface area (Å²) in [6.07, 6.45) is 1.59. The molecule has 3 aromatic carbocycles. The molecule has 0 aliphatic carbocycles. The molecule has 0 aromatic heterocycles. The van der Waals surface area contributed by atoms with Gasteiger partial charge in [0, 0.05) is 29.8 Å². The highest BCUT2D eigenvalue weighted by molar-refractivity contribution is 5.91. The first-order chi connectivity index (χ1) is 14.5. The summed E-state index contributed by atoms with van der Waals surface area (Å²) < 4.78 is 5.82. The summed E-state index contributed by atoms with van der Waals surface area (Å²) in [5.74, 6) is 0.474. The van der Waals surface area contributed by atoms with Crippen LogP contribution in [0.25, 0.3) is 11.6 Å². The summed E-state index contributed by atoms with van der Waals surface area (Å²) in [6, 6.07) is 21.0. The molecule has 0 aliphatic heterocycles. The van der Waals surface area contributed by atoms with Crippen molar-refractivity contribution in [2.75, 3.05) is 0 Å². The van der Waals surface area contributed by atoms with Crippen LogP contribution in [0.15, 0.2) is 72.8 Å². The molecule has 8 heteroatoms. The Bertz CT molecular complexity index is 1180. The first kappa shape index (κ1) is 20.2. The van der Waals surface area contributed by atoms with Crippen molar-refractivity contribution in [1.29, 1.82) is 5.26 Å². The molecule has 0 saturated heterocycles. The van der Waals surface area contributed by atoms with Gasteiger partial charge in [-0.25, -0.2) is 0 Å². The van der Waals surface area contributed by atoms with E-state index in [-0.39, 0.29) is 23.6 Å². The smallest absolute Gasteiger partial charge is 0.270 e. The molecular formula is C22H15N3O5. The van der Waals surface area contributed by atoms with Crippen LogP contribution in [0.4, 0.5) is 11.4 Å². The van der Waals surface area contributed by atoms with Crippen molar-refractivity contribution in [1.82, 2.24) is 0 Å². The SMILES string of the molecule is N#C/C(=C/c1ccccc1OCc1cccc([N+](=O)[O-])c1)c1cccc([N+](=O)[O-])c1. The van der Waals surface area contributed by atoms with E-state index in [0.29, 0.717) is 22.4 Å². The minimum absolute atomic E-state index is 0.0262. The fourth-order valence-corrected chi connectivity index (χ4v) is 2.77. The van der Waals surface area contributed by atoms with Gasteiger partial charge in [-0.15, -0.1) is 0 Å². The molecule has 0 unspecified atom stereocenters. The van der Waals surface area contributed by atoms with Gasteiger partial charge < -0.3 is 4.74 Å². The van der Waals surface area contributed by atoms with Gasteiger partial charge >= 0.3 is 0 Å². The maximum atomic E-state index is 11.0. The normalized spacial score (nSPS) is 10.8. The van der Waals surface area contributed by atoms with Gasteiger partial charge in [0.2, 0.25) is 0 Å². The summed E-state index contributed by atoms with van der Waals surface area (Å²) in [7, 11) is 0. The van der Waals surface area contributed by atoms with Gasteiger partial charge in [-0.1, -0.05) is 42.5 Å². The van der Waals surface area contributed by atoms with E-state index >= 15 is 0 Å². The molecule has 30 heavy (non-hydrogen) atoms. The number of ether oxygens (including phenoxy) is 1. The van der Waals surface area contributed by atoms with Gasteiger partial charge in [0.1, 0.15) is 12.4 Å². The maximum absolute atomic E-state index is 11.0. The molecule has 0 atom stereocenters. The van der Waals surface area contributed by atoms with E-state index in [1.165, 1.54) is 30.3 Å². The number of nitrogens with zero attached hydrogens (tertiary/aromatic N) is 3. The largest absolute Gasteiger partial charge is 0.488 e. The third kappa shape index (κ3) is 4.85. The molecule has 8 nitrogen and oxygen atoms in total. The lowest BCUT2D eigenvalue weighted by Gasteiger charge is -2.10. The molecule has 148 valence electrons. The topological polar surface area (TPSA) is 119 Å². The van der Waals surface area contributed by atoms with Crippen LogP contribution < -0.4 is 4.74 Å². The first-order valence-corrected chi connectivity index (χ1v) is 8.79. The number of benzene rings is 3. The van der Waals surface area contributed by atoms with Crippen molar-refractivity contribution < 1.29 is 14.6 Å². The van der Waals surface area contributed by atoms with E-state index < -0.39 is 9.85 Å². The number of hydrogen-bond acceptors (Lipinski definition) is 6. The fourth-order valence-electron chi connectivity index (χ4n) is 2.77. The highest BCUT2D eigenvalue weighted by atomic mass is 16.6. The zero-order chi connectivity index (χ0) is 21.5. The molecule has 0 amide bonds. The quantitative estimate of drug-likeness (QED) is 0.234. The van der Waals surface area contributed by atoms with Gasteiger partial charge in [-0.05, 0) is 23.3 Å². The van der Waals surface area contributed by atoms with Gasteiger partial charge in [0.05, 0.1) is 21.5 Å². The molecule has 0 saturated carbocycles. The molecule has 3 aromatic rings. The molecule has 0 bridgehead atoms. The Morgan fingerprint density at radius 3 is 2.30 bits per heavy atom. The zero-order valence-corrected chi connectivity index (χ0v) is 15.6. The van der Waals surface area contributed by atoms with E-state index in [9.17, 15) is 25.5 Å². The van der Waals surface area contributed by atoms with Crippen molar-refractivity contribution in [3.8, 4) is 11.8 Å². The Kier molecular flexibility index (Phi) is 6.15.